The molecule has 0 bridgehead atoms. The van der Waals surface area contributed by atoms with E-state index in [4.69, 9.17) is 11.6 Å². The van der Waals surface area contributed by atoms with E-state index in [-0.39, 0.29) is 0 Å². The van der Waals surface area contributed by atoms with Gasteiger partial charge in [-0.15, -0.1) is 0 Å². The smallest absolute Gasteiger partial charge is 0.137 e. The fourth-order valence-electron chi connectivity index (χ4n) is 2.98. The van der Waals surface area contributed by atoms with Gasteiger partial charge in [0.15, 0.2) is 0 Å². The van der Waals surface area contributed by atoms with Crippen molar-refractivity contribution in [3.8, 4) is 0 Å². The third-order valence-electron chi connectivity index (χ3n) is 4.85. The van der Waals surface area contributed by atoms with Crippen LogP contribution in [0.5, 0.6) is 0 Å². The van der Waals surface area contributed by atoms with Crippen molar-refractivity contribution in [2.24, 2.45) is 0 Å². The van der Waals surface area contributed by atoms with Gasteiger partial charge in [-0.25, -0.2) is 9.67 Å². The normalized spacial score (nSPS) is 14.4. The predicted octanol–water partition coefficient (Wildman–Crippen LogP) is 2.93. The molecular weight excluding hydrogens is 338 g/mol. The summed E-state index contributed by atoms with van der Waals surface area (Å²) in [4.78, 5) is 3.98. The average molecular weight is 360 g/mol. The van der Waals surface area contributed by atoms with Crippen molar-refractivity contribution < 1.29 is 5.11 Å². The topological polar surface area (TPSA) is 68.8 Å². The Labute approximate surface area is 152 Å². The summed E-state index contributed by atoms with van der Waals surface area (Å²) in [7, 11) is 0. The molecule has 2 heterocycles. The van der Waals surface area contributed by atoms with Crippen molar-refractivity contribution >= 4 is 11.6 Å². The van der Waals surface area contributed by atoms with Gasteiger partial charge in [0.25, 0.3) is 0 Å². The van der Waals surface area contributed by atoms with Gasteiger partial charge in [0, 0.05) is 17.4 Å². The zero-order chi connectivity index (χ0) is 17.9. The van der Waals surface area contributed by atoms with Gasteiger partial charge < -0.3 is 5.11 Å². The first-order valence-corrected chi connectivity index (χ1v) is 8.58. The maximum atomic E-state index is 11.6. The van der Waals surface area contributed by atoms with Gasteiger partial charge in [0.1, 0.15) is 18.3 Å². The van der Waals surface area contributed by atoms with Crippen molar-refractivity contribution in [2.75, 3.05) is 0 Å². The van der Waals surface area contributed by atoms with Crippen LogP contribution in [-0.4, -0.2) is 35.3 Å². The van der Waals surface area contributed by atoms with Crippen molar-refractivity contribution in [2.45, 2.75) is 44.4 Å². The van der Waals surface area contributed by atoms with E-state index in [2.05, 4.69) is 15.2 Å². The molecule has 25 heavy (non-hydrogen) atoms. The lowest BCUT2D eigenvalue weighted by molar-refractivity contribution is -0.0849. The highest BCUT2D eigenvalue weighted by atomic mass is 35.5. The van der Waals surface area contributed by atoms with E-state index < -0.39 is 11.1 Å². The third kappa shape index (κ3) is 3.75. The predicted molar refractivity (Wildman–Crippen MR) is 96.3 cm³/mol. The third-order valence-corrected chi connectivity index (χ3v) is 5.10. The highest BCUT2D eigenvalue weighted by Crippen LogP contribution is 2.34. The van der Waals surface area contributed by atoms with E-state index in [1.807, 2.05) is 50.4 Å². The lowest BCUT2D eigenvalue weighted by atomic mass is 9.78. The molecule has 1 N–H and O–H groups in total. The molecule has 0 spiro atoms. The molecule has 0 radical (unpaired) electrons. The number of aryl methyl sites for hydroxylation is 1. The highest BCUT2D eigenvalue weighted by molar-refractivity contribution is 6.30. The van der Waals surface area contributed by atoms with Gasteiger partial charge >= 0.3 is 0 Å². The van der Waals surface area contributed by atoms with E-state index in [9.17, 15) is 5.11 Å². The van der Waals surface area contributed by atoms with Crippen LogP contribution in [0.1, 0.15) is 25.8 Å². The Kier molecular flexibility index (Phi) is 4.92. The molecule has 0 aliphatic carbocycles. The molecule has 6 nitrogen and oxygen atoms in total. The summed E-state index contributed by atoms with van der Waals surface area (Å²) in [5, 5.41) is 20.8. The van der Waals surface area contributed by atoms with Gasteiger partial charge in [-0.2, -0.15) is 10.2 Å². The highest BCUT2D eigenvalue weighted by Gasteiger charge is 2.45. The number of aliphatic hydroxyl groups is 1. The second-order valence-electron chi connectivity index (χ2n) is 6.76. The minimum Gasteiger partial charge on any atom is -0.385 e. The van der Waals surface area contributed by atoms with Crippen LogP contribution in [0.3, 0.4) is 0 Å². The van der Waals surface area contributed by atoms with Crippen molar-refractivity contribution in [3.63, 3.8) is 0 Å². The zero-order valence-electron chi connectivity index (χ0n) is 14.4. The molecule has 0 aliphatic heterocycles. The molecule has 1 aromatic carbocycles. The van der Waals surface area contributed by atoms with Crippen LogP contribution in [0.2, 0.25) is 5.02 Å². The summed E-state index contributed by atoms with van der Waals surface area (Å²) in [6, 6.07) is 9.56. The number of hydrogen-bond acceptors (Lipinski definition) is 4. The molecule has 3 aromatic rings. The molecule has 0 aliphatic rings. The van der Waals surface area contributed by atoms with E-state index >= 15 is 0 Å². The Morgan fingerprint density at radius 3 is 2.52 bits per heavy atom. The molecule has 0 amide bonds. The van der Waals surface area contributed by atoms with Gasteiger partial charge in [-0.3, -0.25) is 4.68 Å². The lowest BCUT2D eigenvalue weighted by Gasteiger charge is -2.43. The molecule has 7 heteroatoms. The van der Waals surface area contributed by atoms with Crippen molar-refractivity contribution in [1.29, 1.82) is 0 Å². The van der Waals surface area contributed by atoms with Crippen LogP contribution in [0.4, 0.5) is 0 Å². The van der Waals surface area contributed by atoms with E-state index in [1.54, 1.807) is 21.9 Å². The zero-order valence-corrected chi connectivity index (χ0v) is 15.1. The standard InChI is InChI=1S/C18H22ClN5O/c1-17(2,24-11-3-10-21-24)18(25,12-23-14-20-13-22-23)9-8-15-4-6-16(19)7-5-15/h3-7,10-11,13-14,25H,8-9,12H2,1-2H3. The molecule has 1 atom stereocenters. The number of nitrogens with zero attached hydrogens (tertiary/aromatic N) is 5. The molecule has 0 fully saturated rings. The number of aromatic nitrogens is 5. The fourth-order valence-corrected chi connectivity index (χ4v) is 3.10. The first kappa shape index (κ1) is 17.6. The maximum absolute atomic E-state index is 11.6. The van der Waals surface area contributed by atoms with Gasteiger partial charge in [0.05, 0.1) is 12.1 Å². The summed E-state index contributed by atoms with van der Waals surface area (Å²) < 4.78 is 3.46. The quantitative estimate of drug-likeness (QED) is 0.704. The van der Waals surface area contributed by atoms with E-state index in [0.29, 0.717) is 24.4 Å². The lowest BCUT2D eigenvalue weighted by Crippen LogP contribution is -2.55. The summed E-state index contributed by atoms with van der Waals surface area (Å²) in [6.07, 6.45) is 7.94. The molecule has 132 valence electrons. The van der Waals surface area contributed by atoms with Crippen LogP contribution in [0, 0.1) is 0 Å². The molecule has 0 saturated heterocycles. The SMILES string of the molecule is CC(C)(n1cccn1)C(O)(CCc1ccc(Cl)cc1)Cn1cncn1. The van der Waals surface area contributed by atoms with E-state index in [1.165, 1.54) is 6.33 Å². The second-order valence-corrected chi connectivity index (χ2v) is 7.20. The first-order chi connectivity index (χ1) is 11.9. The first-order valence-electron chi connectivity index (χ1n) is 8.20. The Morgan fingerprint density at radius 1 is 1.16 bits per heavy atom. The average Bonchev–Trinajstić information content (AvgIpc) is 3.28. The van der Waals surface area contributed by atoms with Crippen LogP contribution in [0.15, 0.2) is 55.4 Å². The Morgan fingerprint density at radius 2 is 1.92 bits per heavy atom. The Hall–Kier alpha value is -2.18. The summed E-state index contributed by atoms with van der Waals surface area (Å²) in [5.41, 5.74) is -0.584. The molecule has 3 rings (SSSR count). The largest absolute Gasteiger partial charge is 0.385 e. The molecule has 0 saturated carbocycles. The van der Waals surface area contributed by atoms with Crippen molar-refractivity contribution in [3.05, 3.63) is 66.0 Å². The summed E-state index contributed by atoms with van der Waals surface area (Å²) in [6.45, 7) is 4.30. The monoisotopic (exact) mass is 359 g/mol. The van der Waals surface area contributed by atoms with Gasteiger partial charge in [-0.1, -0.05) is 23.7 Å². The Balaban J connectivity index is 1.87. The minimum absolute atomic E-state index is 0.327. The van der Waals surface area contributed by atoms with Crippen molar-refractivity contribution in [1.82, 2.24) is 24.5 Å². The van der Waals surface area contributed by atoms with Crippen LogP contribution in [0.25, 0.3) is 0 Å². The van der Waals surface area contributed by atoms with E-state index in [0.717, 1.165) is 5.56 Å². The molecule has 1 unspecified atom stereocenters. The van der Waals surface area contributed by atoms with Crippen LogP contribution < -0.4 is 0 Å². The maximum Gasteiger partial charge on any atom is 0.137 e. The number of halogens is 1. The van der Waals surface area contributed by atoms with Gasteiger partial charge in [0.2, 0.25) is 0 Å². The van der Waals surface area contributed by atoms with Crippen LogP contribution >= 0.6 is 11.6 Å². The summed E-state index contributed by atoms with van der Waals surface area (Å²) in [5.74, 6) is 0. The molecule has 2 aromatic heterocycles. The second kappa shape index (κ2) is 6.98. The number of rotatable bonds is 7. The fraction of sp³-hybridized carbons (Fsp3) is 0.389. The Bertz CT molecular complexity index is 784. The van der Waals surface area contributed by atoms with Crippen LogP contribution in [-0.2, 0) is 18.5 Å². The number of benzene rings is 1. The molecular formula is C18H22ClN5O. The summed E-state index contributed by atoms with van der Waals surface area (Å²) >= 11 is 5.96. The number of hydrogen-bond donors (Lipinski definition) is 1. The van der Waals surface area contributed by atoms with Gasteiger partial charge in [-0.05, 0) is 50.5 Å². The minimum atomic E-state index is -1.08.